The van der Waals surface area contributed by atoms with Gasteiger partial charge < -0.3 is 9.47 Å². The molecule has 2 atom stereocenters. The van der Waals surface area contributed by atoms with E-state index in [1.807, 2.05) is 25.1 Å². The van der Waals surface area contributed by atoms with Crippen molar-refractivity contribution in [2.24, 2.45) is 21.7 Å². The molecule has 5 nitrogen and oxygen atoms in total. The van der Waals surface area contributed by atoms with Crippen LogP contribution in [0, 0.1) is 16.7 Å². The lowest BCUT2D eigenvalue weighted by atomic mass is 9.60. The van der Waals surface area contributed by atoms with E-state index < -0.39 is 0 Å². The monoisotopic (exact) mass is 423 g/mol. The number of benzene rings is 1. The zero-order chi connectivity index (χ0) is 22.6. The van der Waals surface area contributed by atoms with E-state index in [0.29, 0.717) is 30.9 Å². The largest absolute Gasteiger partial charge is 0.493 e. The van der Waals surface area contributed by atoms with Gasteiger partial charge in [0.25, 0.3) is 0 Å². The van der Waals surface area contributed by atoms with Crippen LogP contribution in [0.3, 0.4) is 0 Å². The Morgan fingerprint density at radius 1 is 0.968 bits per heavy atom. The van der Waals surface area contributed by atoms with Gasteiger partial charge in [-0.2, -0.15) is 0 Å². The van der Waals surface area contributed by atoms with Gasteiger partial charge in [-0.25, -0.2) is 0 Å². The summed E-state index contributed by atoms with van der Waals surface area (Å²) < 4.78 is 11.3. The number of ether oxygens (including phenoxy) is 2. The molecule has 1 fully saturated rings. The molecule has 1 unspecified atom stereocenters. The van der Waals surface area contributed by atoms with Crippen molar-refractivity contribution in [1.29, 1.82) is 0 Å². The van der Waals surface area contributed by atoms with Crippen LogP contribution in [0.2, 0.25) is 0 Å². The number of hydrogen-bond donors (Lipinski definition) is 0. The summed E-state index contributed by atoms with van der Waals surface area (Å²) in [5.41, 5.74) is 3.23. The quantitative estimate of drug-likeness (QED) is 0.661. The Kier molecular flexibility index (Phi) is 5.35. The van der Waals surface area contributed by atoms with E-state index in [1.165, 1.54) is 0 Å². The number of nitrogens with zero attached hydrogens (tertiary/aromatic N) is 1. The number of methoxy groups -OCH3 is 1. The van der Waals surface area contributed by atoms with E-state index in [-0.39, 0.29) is 34.2 Å². The number of carbonyl (C=O) groups excluding carboxylic acids is 2. The molecule has 1 heterocycles. The molecular formula is C26H33NO4. The molecule has 1 aliphatic heterocycles. The van der Waals surface area contributed by atoms with E-state index in [9.17, 15) is 9.59 Å². The van der Waals surface area contributed by atoms with Gasteiger partial charge in [-0.15, -0.1) is 0 Å². The molecular weight excluding hydrogens is 390 g/mol. The number of fused-ring (bicyclic) bond motifs is 1. The maximum Gasteiger partial charge on any atom is 0.161 e. The van der Waals surface area contributed by atoms with Gasteiger partial charge in [0.2, 0.25) is 0 Å². The third kappa shape index (κ3) is 3.95. The number of rotatable bonds is 4. The zero-order valence-corrected chi connectivity index (χ0v) is 19.5. The Bertz CT molecular complexity index is 999. The highest BCUT2D eigenvalue weighted by molar-refractivity contribution is 6.13. The molecule has 0 amide bonds. The van der Waals surface area contributed by atoms with E-state index in [0.717, 1.165) is 35.4 Å². The highest BCUT2D eigenvalue weighted by atomic mass is 16.5. The molecule has 0 saturated heterocycles. The van der Waals surface area contributed by atoms with Gasteiger partial charge in [0, 0.05) is 35.7 Å². The Morgan fingerprint density at radius 3 is 2.35 bits per heavy atom. The van der Waals surface area contributed by atoms with Crippen LogP contribution >= 0.6 is 0 Å². The predicted molar refractivity (Wildman–Crippen MR) is 121 cm³/mol. The third-order valence-corrected chi connectivity index (χ3v) is 6.68. The maximum atomic E-state index is 13.4. The van der Waals surface area contributed by atoms with Crippen LogP contribution < -0.4 is 9.47 Å². The van der Waals surface area contributed by atoms with Gasteiger partial charge in [0.05, 0.1) is 19.6 Å². The first-order chi connectivity index (χ1) is 14.5. The Balaban J connectivity index is 1.90. The van der Waals surface area contributed by atoms with Crippen LogP contribution in [0.4, 0.5) is 0 Å². The fraction of sp³-hybridized carbons (Fsp3) is 0.577. The Hall–Kier alpha value is -2.43. The summed E-state index contributed by atoms with van der Waals surface area (Å²) in [4.78, 5) is 31.8. The molecule has 4 rings (SSSR count). The number of Topliss-reactive ketones (excluding diaryl/α,β-unsaturated/α-hetero) is 2. The molecule has 0 N–H and O–H groups in total. The van der Waals surface area contributed by atoms with Crippen LogP contribution in [0.15, 0.2) is 34.5 Å². The van der Waals surface area contributed by atoms with Crippen molar-refractivity contribution < 1.29 is 19.1 Å². The molecule has 0 bridgehead atoms. The SMILES string of the molecule is CCOc1cc([C@H]2C3=C(CC(C)(C)CC3=O)N=C3CC(C)(C)CC(=O)C32)ccc1OC. The topological polar surface area (TPSA) is 65.0 Å². The molecule has 31 heavy (non-hydrogen) atoms. The van der Waals surface area contributed by atoms with Crippen molar-refractivity contribution in [2.75, 3.05) is 13.7 Å². The Labute approximate surface area is 184 Å². The zero-order valence-electron chi connectivity index (χ0n) is 19.5. The average molecular weight is 424 g/mol. The van der Waals surface area contributed by atoms with Gasteiger partial charge in [-0.3, -0.25) is 14.6 Å². The molecule has 0 spiro atoms. The number of carbonyl (C=O) groups is 2. The maximum absolute atomic E-state index is 13.4. The molecule has 1 saturated carbocycles. The van der Waals surface area contributed by atoms with Crippen molar-refractivity contribution in [3.63, 3.8) is 0 Å². The lowest BCUT2D eigenvalue weighted by Gasteiger charge is -2.44. The van der Waals surface area contributed by atoms with Crippen LogP contribution in [0.5, 0.6) is 11.5 Å². The summed E-state index contributed by atoms with van der Waals surface area (Å²) in [5.74, 6) is 0.903. The number of aliphatic imine (C=N–C) groups is 1. The lowest BCUT2D eigenvalue weighted by molar-refractivity contribution is -0.124. The van der Waals surface area contributed by atoms with Crippen molar-refractivity contribution >= 4 is 17.3 Å². The van der Waals surface area contributed by atoms with Crippen LogP contribution in [-0.4, -0.2) is 31.0 Å². The summed E-state index contributed by atoms with van der Waals surface area (Å²) in [6, 6.07) is 5.79. The molecule has 1 aromatic carbocycles. The highest BCUT2D eigenvalue weighted by Crippen LogP contribution is 2.52. The summed E-state index contributed by atoms with van der Waals surface area (Å²) in [5, 5.41) is 0. The minimum absolute atomic E-state index is 0.111. The smallest absolute Gasteiger partial charge is 0.161 e. The molecule has 2 aliphatic carbocycles. The highest BCUT2D eigenvalue weighted by Gasteiger charge is 2.49. The van der Waals surface area contributed by atoms with Gasteiger partial charge in [-0.1, -0.05) is 33.8 Å². The van der Waals surface area contributed by atoms with Crippen molar-refractivity contribution in [3.05, 3.63) is 35.0 Å². The van der Waals surface area contributed by atoms with Gasteiger partial charge in [0.15, 0.2) is 17.3 Å². The van der Waals surface area contributed by atoms with Crippen LogP contribution in [0.25, 0.3) is 0 Å². The minimum Gasteiger partial charge on any atom is -0.493 e. The van der Waals surface area contributed by atoms with E-state index in [4.69, 9.17) is 14.5 Å². The van der Waals surface area contributed by atoms with Crippen molar-refractivity contribution in [2.45, 2.75) is 66.2 Å². The summed E-state index contributed by atoms with van der Waals surface area (Å²) in [7, 11) is 1.61. The first kappa shape index (κ1) is 21.8. The molecule has 166 valence electrons. The van der Waals surface area contributed by atoms with Crippen molar-refractivity contribution in [1.82, 2.24) is 0 Å². The second-order valence-corrected chi connectivity index (χ2v) is 10.7. The fourth-order valence-electron chi connectivity index (χ4n) is 5.53. The van der Waals surface area contributed by atoms with E-state index in [2.05, 4.69) is 27.7 Å². The summed E-state index contributed by atoms with van der Waals surface area (Å²) >= 11 is 0. The lowest BCUT2D eigenvalue weighted by Crippen LogP contribution is -2.45. The van der Waals surface area contributed by atoms with Gasteiger partial charge >= 0.3 is 0 Å². The van der Waals surface area contributed by atoms with Gasteiger partial charge in [0.1, 0.15) is 5.78 Å². The number of ketones is 2. The van der Waals surface area contributed by atoms with E-state index in [1.54, 1.807) is 7.11 Å². The second kappa shape index (κ2) is 7.61. The predicted octanol–water partition coefficient (Wildman–Crippen LogP) is 5.28. The van der Waals surface area contributed by atoms with Gasteiger partial charge in [-0.05, 0) is 48.3 Å². The van der Waals surface area contributed by atoms with Crippen molar-refractivity contribution in [3.8, 4) is 11.5 Å². The fourth-order valence-corrected chi connectivity index (χ4v) is 5.53. The standard InChI is InChI=1S/C26H33NO4/c1-7-31-21-10-15(8-9-20(21)30-6)22-23-16(11-25(2,3)13-18(23)28)27-17-12-26(4,5)14-19(29)24(17)22/h8-10,22-23H,7,11-14H2,1-6H3/t22-,23?/m1/s1. The van der Waals surface area contributed by atoms with Crippen LogP contribution in [-0.2, 0) is 9.59 Å². The molecule has 0 aromatic heterocycles. The Morgan fingerprint density at radius 2 is 1.68 bits per heavy atom. The molecule has 1 aromatic rings. The third-order valence-electron chi connectivity index (χ3n) is 6.68. The number of hydrogen-bond acceptors (Lipinski definition) is 5. The second-order valence-electron chi connectivity index (χ2n) is 10.7. The average Bonchev–Trinajstić information content (AvgIpc) is 2.64. The minimum atomic E-state index is -0.375. The summed E-state index contributed by atoms with van der Waals surface area (Å²) in [6.07, 6.45) is 2.52. The molecule has 0 radical (unpaired) electrons. The normalized spacial score (nSPS) is 26.7. The molecule has 5 heteroatoms. The first-order valence-corrected chi connectivity index (χ1v) is 11.2. The first-order valence-electron chi connectivity index (χ1n) is 11.2. The number of allylic oxidation sites excluding steroid dienone is 2. The molecule has 3 aliphatic rings. The summed E-state index contributed by atoms with van der Waals surface area (Å²) in [6.45, 7) is 10.9. The van der Waals surface area contributed by atoms with E-state index >= 15 is 0 Å². The van der Waals surface area contributed by atoms with Crippen LogP contribution in [0.1, 0.15) is 71.8 Å².